The molecule has 0 amide bonds. The molecule has 1 aromatic carbocycles. The zero-order chi connectivity index (χ0) is 17.4. The normalized spacial score (nSPS) is 23.2. The maximum atomic E-state index is 6.19. The number of rotatable bonds is 3. The van der Waals surface area contributed by atoms with Crippen molar-refractivity contribution in [3.8, 4) is 5.69 Å². The highest BCUT2D eigenvalue weighted by atomic mass is 35.5. The summed E-state index contributed by atoms with van der Waals surface area (Å²) in [4.78, 5) is 0. The van der Waals surface area contributed by atoms with Gasteiger partial charge in [-0.3, -0.25) is 4.57 Å². The van der Waals surface area contributed by atoms with Gasteiger partial charge in [0, 0.05) is 17.5 Å². The molecular formula is C19H25ClN4O. The lowest BCUT2D eigenvalue weighted by Gasteiger charge is -2.29. The Morgan fingerprint density at radius 1 is 1.16 bits per heavy atom. The number of nitrogens with one attached hydrogen (secondary N) is 1. The van der Waals surface area contributed by atoms with Crippen LogP contribution >= 0.6 is 11.6 Å². The van der Waals surface area contributed by atoms with Crippen LogP contribution in [0.2, 0.25) is 5.02 Å². The first-order chi connectivity index (χ1) is 12.1. The summed E-state index contributed by atoms with van der Waals surface area (Å²) in [6.45, 7) is 5.75. The summed E-state index contributed by atoms with van der Waals surface area (Å²) in [6, 6.07) is 6.08. The number of hydrogen-bond donors (Lipinski definition) is 1. The van der Waals surface area contributed by atoms with E-state index in [0.29, 0.717) is 18.1 Å². The molecule has 0 saturated heterocycles. The van der Waals surface area contributed by atoms with E-state index in [1.165, 1.54) is 5.56 Å². The molecule has 1 aromatic heterocycles. The van der Waals surface area contributed by atoms with Crippen molar-refractivity contribution in [2.45, 2.75) is 70.7 Å². The topological polar surface area (TPSA) is 52.0 Å². The van der Waals surface area contributed by atoms with Crippen LogP contribution in [0.25, 0.3) is 5.69 Å². The second-order valence-corrected chi connectivity index (χ2v) is 7.78. The third kappa shape index (κ3) is 3.46. The standard InChI is InChI=1S/C19H25ClN4O/c1-12(2)25-16-6-3-13(4-7-16)19-23-22-18-11-21-10-14-9-15(20)5-8-17(14)24(18)19/h5,8-9,12-13,16,21H,3-4,6-7,10-11H2,1-2H3. The van der Waals surface area contributed by atoms with Gasteiger partial charge in [0.2, 0.25) is 0 Å². The molecule has 6 heteroatoms. The van der Waals surface area contributed by atoms with Gasteiger partial charge >= 0.3 is 0 Å². The van der Waals surface area contributed by atoms with E-state index in [1.54, 1.807) is 0 Å². The molecule has 0 radical (unpaired) electrons. The molecule has 25 heavy (non-hydrogen) atoms. The van der Waals surface area contributed by atoms with Crippen LogP contribution in [0.15, 0.2) is 18.2 Å². The van der Waals surface area contributed by atoms with Crippen molar-refractivity contribution in [2.24, 2.45) is 0 Å². The highest BCUT2D eigenvalue weighted by molar-refractivity contribution is 6.30. The molecule has 0 atom stereocenters. The number of fused-ring (bicyclic) bond motifs is 3. The van der Waals surface area contributed by atoms with Gasteiger partial charge in [0.05, 0.1) is 24.4 Å². The van der Waals surface area contributed by atoms with Crippen molar-refractivity contribution < 1.29 is 4.74 Å². The van der Waals surface area contributed by atoms with E-state index >= 15 is 0 Å². The van der Waals surface area contributed by atoms with Gasteiger partial charge in [0.15, 0.2) is 5.82 Å². The molecular weight excluding hydrogens is 336 g/mol. The van der Waals surface area contributed by atoms with Crippen LogP contribution in [-0.2, 0) is 17.8 Å². The largest absolute Gasteiger partial charge is 0.376 e. The van der Waals surface area contributed by atoms with E-state index < -0.39 is 0 Å². The molecule has 2 aromatic rings. The van der Waals surface area contributed by atoms with Crippen molar-refractivity contribution in [3.63, 3.8) is 0 Å². The number of ether oxygens (including phenoxy) is 1. The number of benzene rings is 1. The molecule has 0 unspecified atom stereocenters. The summed E-state index contributed by atoms with van der Waals surface area (Å²) in [5, 5.41) is 13.2. The molecule has 1 aliphatic heterocycles. The average Bonchev–Trinajstić information content (AvgIpc) is 2.91. The lowest BCUT2D eigenvalue weighted by Crippen LogP contribution is -2.25. The van der Waals surface area contributed by atoms with Crippen molar-refractivity contribution >= 4 is 11.6 Å². The summed E-state index contributed by atoms with van der Waals surface area (Å²) in [6.07, 6.45) is 5.08. The SMILES string of the molecule is CC(C)OC1CCC(c2nnc3n2-c2ccc(Cl)cc2CNC3)CC1. The first kappa shape index (κ1) is 17.0. The highest BCUT2D eigenvalue weighted by Crippen LogP contribution is 2.36. The molecule has 1 aliphatic carbocycles. The predicted octanol–water partition coefficient (Wildman–Crippen LogP) is 3.98. The van der Waals surface area contributed by atoms with Gasteiger partial charge in [-0.15, -0.1) is 10.2 Å². The number of hydrogen-bond acceptors (Lipinski definition) is 4. The Balaban J connectivity index is 1.62. The summed E-state index contributed by atoms with van der Waals surface area (Å²) in [5.41, 5.74) is 2.36. The Labute approximate surface area is 153 Å². The van der Waals surface area contributed by atoms with E-state index in [4.69, 9.17) is 16.3 Å². The molecule has 0 bridgehead atoms. The monoisotopic (exact) mass is 360 g/mol. The molecule has 2 heterocycles. The van der Waals surface area contributed by atoms with Crippen LogP contribution in [0.1, 0.15) is 62.7 Å². The Morgan fingerprint density at radius 3 is 2.72 bits per heavy atom. The summed E-state index contributed by atoms with van der Waals surface area (Å²) >= 11 is 6.19. The molecule has 2 aliphatic rings. The second kappa shape index (κ2) is 7.06. The summed E-state index contributed by atoms with van der Waals surface area (Å²) < 4.78 is 8.24. The minimum absolute atomic E-state index is 0.300. The van der Waals surface area contributed by atoms with Gasteiger partial charge in [-0.2, -0.15) is 0 Å². The van der Waals surface area contributed by atoms with Crippen molar-refractivity contribution in [3.05, 3.63) is 40.4 Å². The van der Waals surface area contributed by atoms with Crippen LogP contribution in [-0.4, -0.2) is 27.0 Å². The Morgan fingerprint density at radius 2 is 1.96 bits per heavy atom. The van der Waals surface area contributed by atoms with Crippen LogP contribution in [0.5, 0.6) is 0 Å². The maximum Gasteiger partial charge on any atom is 0.151 e. The fraction of sp³-hybridized carbons (Fsp3) is 0.579. The third-order valence-corrected chi connectivity index (χ3v) is 5.38. The van der Waals surface area contributed by atoms with Crippen molar-refractivity contribution in [2.75, 3.05) is 0 Å². The number of aromatic nitrogens is 3. The summed E-state index contributed by atoms with van der Waals surface area (Å²) in [7, 11) is 0. The van der Waals surface area contributed by atoms with E-state index in [0.717, 1.165) is 61.1 Å². The molecule has 0 spiro atoms. The van der Waals surface area contributed by atoms with Crippen LogP contribution in [0.3, 0.4) is 0 Å². The van der Waals surface area contributed by atoms with Crippen molar-refractivity contribution in [1.29, 1.82) is 0 Å². The lowest BCUT2D eigenvalue weighted by molar-refractivity contribution is -0.0151. The van der Waals surface area contributed by atoms with E-state index in [2.05, 4.69) is 40.0 Å². The Kier molecular flexibility index (Phi) is 4.80. The van der Waals surface area contributed by atoms with E-state index in [1.807, 2.05) is 12.1 Å². The lowest BCUT2D eigenvalue weighted by atomic mass is 9.86. The van der Waals surface area contributed by atoms with Gasteiger partial charge in [0.25, 0.3) is 0 Å². The molecule has 1 fully saturated rings. The summed E-state index contributed by atoms with van der Waals surface area (Å²) in [5.74, 6) is 2.51. The second-order valence-electron chi connectivity index (χ2n) is 7.34. The minimum Gasteiger partial charge on any atom is -0.376 e. The minimum atomic E-state index is 0.300. The quantitative estimate of drug-likeness (QED) is 0.899. The molecule has 5 nitrogen and oxygen atoms in total. The fourth-order valence-electron chi connectivity index (χ4n) is 4.04. The maximum absolute atomic E-state index is 6.19. The molecule has 134 valence electrons. The van der Waals surface area contributed by atoms with Gasteiger partial charge in [-0.1, -0.05) is 11.6 Å². The van der Waals surface area contributed by atoms with E-state index in [9.17, 15) is 0 Å². The fourth-order valence-corrected chi connectivity index (χ4v) is 4.23. The zero-order valence-corrected chi connectivity index (χ0v) is 15.6. The van der Waals surface area contributed by atoms with Crippen LogP contribution in [0.4, 0.5) is 0 Å². The molecule has 1 saturated carbocycles. The smallest absolute Gasteiger partial charge is 0.151 e. The van der Waals surface area contributed by atoms with Gasteiger partial charge in [-0.25, -0.2) is 0 Å². The van der Waals surface area contributed by atoms with Crippen molar-refractivity contribution in [1.82, 2.24) is 20.1 Å². The van der Waals surface area contributed by atoms with Gasteiger partial charge in [-0.05, 0) is 63.3 Å². The highest BCUT2D eigenvalue weighted by Gasteiger charge is 2.29. The first-order valence-corrected chi connectivity index (χ1v) is 9.59. The molecule has 1 N–H and O–H groups in total. The average molecular weight is 361 g/mol. The number of nitrogens with zero attached hydrogens (tertiary/aromatic N) is 3. The van der Waals surface area contributed by atoms with Crippen LogP contribution in [0, 0.1) is 0 Å². The zero-order valence-electron chi connectivity index (χ0n) is 14.8. The number of halogens is 1. The van der Waals surface area contributed by atoms with Gasteiger partial charge in [0.1, 0.15) is 5.82 Å². The third-order valence-electron chi connectivity index (χ3n) is 5.14. The first-order valence-electron chi connectivity index (χ1n) is 9.21. The predicted molar refractivity (Wildman–Crippen MR) is 98.1 cm³/mol. The Hall–Kier alpha value is -1.43. The molecule has 4 rings (SSSR count). The van der Waals surface area contributed by atoms with Gasteiger partial charge < -0.3 is 10.1 Å². The Bertz CT molecular complexity index is 750. The van der Waals surface area contributed by atoms with Crippen LogP contribution < -0.4 is 5.32 Å². The van der Waals surface area contributed by atoms with E-state index in [-0.39, 0.29) is 0 Å².